The van der Waals surface area contributed by atoms with Crippen molar-refractivity contribution in [3.8, 4) is 0 Å². The minimum atomic E-state index is -0.925. The number of carboxylic acids is 1. The van der Waals surface area contributed by atoms with E-state index in [1.165, 1.54) is 9.13 Å². The molecular formula is C17H23N3O4. The summed E-state index contributed by atoms with van der Waals surface area (Å²) in [6.45, 7) is 3.81. The molecule has 0 bridgehead atoms. The van der Waals surface area contributed by atoms with Gasteiger partial charge in [0.25, 0.3) is 0 Å². The molecule has 2 N–H and O–H groups in total. The van der Waals surface area contributed by atoms with E-state index in [9.17, 15) is 19.5 Å². The van der Waals surface area contributed by atoms with Crippen molar-refractivity contribution in [2.24, 2.45) is 18.9 Å². The first kappa shape index (κ1) is 17.8. The van der Waals surface area contributed by atoms with E-state index in [4.69, 9.17) is 0 Å². The SMILES string of the molecule is CC(C)CC(CNC(=O)Cn1c(=O)n(C)c2ccccc21)C(=O)O. The molecule has 0 fully saturated rings. The largest absolute Gasteiger partial charge is 0.481 e. The summed E-state index contributed by atoms with van der Waals surface area (Å²) in [4.78, 5) is 35.7. The number of nitrogens with one attached hydrogen (secondary N) is 1. The van der Waals surface area contributed by atoms with E-state index in [1.807, 2.05) is 26.0 Å². The molecule has 7 nitrogen and oxygen atoms in total. The second-order valence-electron chi connectivity index (χ2n) is 6.39. The van der Waals surface area contributed by atoms with E-state index in [0.29, 0.717) is 11.9 Å². The number of para-hydroxylation sites is 2. The van der Waals surface area contributed by atoms with Gasteiger partial charge in [-0.05, 0) is 24.5 Å². The Hall–Kier alpha value is -2.57. The van der Waals surface area contributed by atoms with Crippen molar-refractivity contribution in [2.75, 3.05) is 6.54 Å². The van der Waals surface area contributed by atoms with Crippen LogP contribution in [0.25, 0.3) is 11.0 Å². The van der Waals surface area contributed by atoms with Crippen LogP contribution in [-0.2, 0) is 23.2 Å². The Bertz CT molecular complexity index is 804. The van der Waals surface area contributed by atoms with Crippen LogP contribution in [0.15, 0.2) is 29.1 Å². The molecule has 0 aliphatic rings. The van der Waals surface area contributed by atoms with E-state index >= 15 is 0 Å². The van der Waals surface area contributed by atoms with Crippen LogP contribution in [0.4, 0.5) is 0 Å². The molecular weight excluding hydrogens is 310 g/mol. The molecule has 1 atom stereocenters. The first-order valence-electron chi connectivity index (χ1n) is 7.95. The van der Waals surface area contributed by atoms with Gasteiger partial charge in [0.2, 0.25) is 5.91 Å². The number of imidazole rings is 1. The van der Waals surface area contributed by atoms with Crippen molar-refractivity contribution in [2.45, 2.75) is 26.8 Å². The second-order valence-corrected chi connectivity index (χ2v) is 6.39. The number of carbonyl (C=O) groups excluding carboxylic acids is 1. The van der Waals surface area contributed by atoms with Crippen molar-refractivity contribution in [3.05, 3.63) is 34.7 Å². The summed E-state index contributed by atoms with van der Waals surface area (Å²) >= 11 is 0. The Morgan fingerprint density at radius 2 is 1.83 bits per heavy atom. The lowest BCUT2D eigenvalue weighted by atomic mass is 9.97. The van der Waals surface area contributed by atoms with Crippen molar-refractivity contribution in [1.29, 1.82) is 0 Å². The first-order valence-corrected chi connectivity index (χ1v) is 7.95. The number of aryl methyl sites for hydroxylation is 1. The summed E-state index contributed by atoms with van der Waals surface area (Å²) in [6.07, 6.45) is 0.490. The molecule has 1 aromatic heterocycles. The highest BCUT2D eigenvalue weighted by Crippen LogP contribution is 2.12. The van der Waals surface area contributed by atoms with Gasteiger partial charge in [-0.1, -0.05) is 26.0 Å². The van der Waals surface area contributed by atoms with Crippen LogP contribution >= 0.6 is 0 Å². The maximum absolute atomic E-state index is 12.3. The number of aromatic nitrogens is 2. The molecule has 1 aromatic carbocycles. The maximum atomic E-state index is 12.3. The number of aliphatic carboxylic acids is 1. The number of fused-ring (bicyclic) bond motifs is 1. The highest BCUT2D eigenvalue weighted by Gasteiger charge is 2.20. The molecule has 2 aromatic rings. The lowest BCUT2D eigenvalue weighted by molar-refractivity contribution is -0.142. The maximum Gasteiger partial charge on any atom is 0.329 e. The Balaban J connectivity index is 2.09. The molecule has 0 saturated carbocycles. The van der Waals surface area contributed by atoms with E-state index in [-0.39, 0.29) is 30.6 Å². The Morgan fingerprint density at radius 1 is 1.21 bits per heavy atom. The summed E-state index contributed by atoms with van der Waals surface area (Å²) in [5, 5.41) is 11.8. The van der Waals surface area contributed by atoms with Gasteiger partial charge in [0.15, 0.2) is 0 Å². The summed E-state index contributed by atoms with van der Waals surface area (Å²) in [5.74, 6) is -1.70. The molecule has 0 spiro atoms. The molecule has 1 unspecified atom stereocenters. The zero-order valence-corrected chi connectivity index (χ0v) is 14.2. The van der Waals surface area contributed by atoms with Crippen LogP contribution < -0.4 is 11.0 Å². The van der Waals surface area contributed by atoms with Crippen LogP contribution in [0.1, 0.15) is 20.3 Å². The number of amides is 1. The topological polar surface area (TPSA) is 93.3 Å². The summed E-state index contributed by atoms with van der Waals surface area (Å²) in [6, 6.07) is 7.23. The zero-order chi connectivity index (χ0) is 17.9. The van der Waals surface area contributed by atoms with Gasteiger partial charge in [0.1, 0.15) is 6.54 Å². The molecule has 1 heterocycles. The van der Waals surface area contributed by atoms with E-state index < -0.39 is 11.9 Å². The van der Waals surface area contributed by atoms with Crippen molar-refractivity contribution < 1.29 is 14.7 Å². The van der Waals surface area contributed by atoms with Gasteiger partial charge in [-0.15, -0.1) is 0 Å². The fourth-order valence-corrected chi connectivity index (χ4v) is 2.79. The van der Waals surface area contributed by atoms with Crippen molar-refractivity contribution >= 4 is 22.9 Å². The number of carboxylic acid groups (broad SMARTS) is 1. The molecule has 2 rings (SSSR count). The van der Waals surface area contributed by atoms with Gasteiger partial charge in [0.05, 0.1) is 17.0 Å². The standard InChI is InChI=1S/C17H23N3O4/c1-11(2)8-12(16(22)23)9-18-15(21)10-20-14-7-5-4-6-13(14)19(3)17(20)24/h4-7,11-12H,8-10H2,1-3H3,(H,18,21)(H,22,23). The number of nitrogens with zero attached hydrogens (tertiary/aromatic N) is 2. The second kappa shape index (κ2) is 7.33. The fourth-order valence-electron chi connectivity index (χ4n) is 2.79. The molecule has 0 aliphatic carbocycles. The summed E-state index contributed by atoms with van der Waals surface area (Å²) in [7, 11) is 1.65. The van der Waals surface area contributed by atoms with Gasteiger partial charge in [-0.3, -0.25) is 18.7 Å². The van der Waals surface area contributed by atoms with Gasteiger partial charge in [-0.25, -0.2) is 4.79 Å². The van der Waals surface area contributed by atoms with Crippen molar-refractivity contribution in [1.82, 2.24) is 14.5 Å². The minimum Gasteiger partial charge on any atom is -0.481 e. The zero-order valence-electron chi connectivity index (χ0n) is 14.2. The predicted molar refractivity (Wildman–Crippen MR) is 90.8 cm³/mol. The third-order valence-electron chi connectivity index (χ3n) is 4.00. The van der Waals surface area contributed by atoms with Crippen LogP contribution in [0.3, 0.4) is 0 Å². The smallest absolute Gasteiger partial charge is 0.329 e. The molecule has 0 radical (unpaired) electrons. The van der Waals surface area contributed by atoms with E-state index in [0.717, 1.165) is 5.52 Å². The highest BCUT2D eigenvalue weighted by molar-refractivity contribution is 5.81. The average Bonchev–Trinajstić information content (AvgIpc) is 2.76. The predicted octanol–water partition coefficient (Wildman–Crippen LogP) is 1.20. The molecule has 7 heteroatoms. The quantitative estimate of drug-likeness (QED) is 0.796. The molecule has 0 saturated heterocycles. The van der Waals surface area contributed by atoms with Gasteiger partial charge < -0.3 is 10.4 Å². The first-order chi connectivity index (χ1) is 11.3. The monoisotopic (exact) mass is 333 g/mol. The van der Waals surface area contributed by atoms with Crippen LogP contribution in [0.2, 0.25) is 0 Å². The molecule has 0 aliphatic heterocycles. The van der Waals surface area contributed by atoms with Gasteiger partial charge in [-0.2, -0.15) is 0 Å². The highest BCUT2D eigenvalue weighted by atomic mass is 16.4. The minimum absolute atomic E-state index is 0.0614. The summed E-state index contributed by atoms with van der Waals surface area (Å²) in [5.41, 5.74) is 1.15. The Labute approximate surface area is 139 Å². The lowest BCUT2D eigenvalue weighted by Crippen LogP contribution is -2.37. The van der Waals surface area contributed by atoms with Gasteiger partial charge in [0, 0.05) is 13.6 Å². The molecule has 130 valence electrons. The lowest BCUT2D eigenvalue weighted by Gasteiger charge is -2.15. The van der Waals surface area contributed by atoms with Gasteiger partial charge >= 0.3 is 11.7 Å². The van der Waals surface area contributed by atoms with E-state index in [1.54, 1.807) is 19.2 Å². The fraction of sp³-hybridized carbons (Fsp3) is 0.471. The molecule has 24 heavy (non-hydrogen) atoms. The Morgan fingerprint density at radius 3 is 2.42 bits per heavy atom. The number of hydrogen-bond donors (Lipinski definition) is 2. The third-order valence-corrected chi connectivity index (χ3v) is 4.00. The number of hydrogen-bond acceptors (Lipinski definition) is 3. The van der Waals surface area contributed by atoms with Crippen LogP contribution in [-0.4, -0.2) is 32.7 Å². The molecule has 1 amide bonds. The van der Waals surface area contributed by atoms with E-state index in [2.05, 4.69) is 5.32 Å². The normalized spacial score (nSPS) is 12.5. The Kier molecular flexibility index (Phi) is 5.43. The van der Waals surface area contributed by atoms with Crippen molar-refractivity contribution in [3.63, 3.8) is 0 Å². The number of benzene rings is 1. The van der Waals surface area contributed by atoms with Crippen LogP contribution in [0, 0.1) is 11.8 Å². The number of carbonyl (C=O) groups is 2. The van der Waals surface area contributed by atoms with Crippen LogP contribution in [0.5, 0.6) is 0 Å². The average molecular weight is 333 g/mol. The third kappa shape index (κ3) is 3.84. The summed E-state index contributed by atoms with van der Waals surface area (Å²) < 4.78 is 2.88. The number of rotatable bonds is 7.